The first-order valence-electron chi connectivity index (χ1n) is 6.20. The number of benzene rings is 1. The van der Waals surface area contributed by atoms with E-state index >= 15 is 0 Å². The largest absolute Gasteiger partial charge is 0.493 e. The van der Waals surface area contributed by atoms with Crippen LogP contribution >= 0.6 is 11.6 Å². The third-order valence-corrected chi connectivity index (χ3v) is 3.06. The molecule has 4 heteroatoms. The first kappa shape index (κ1) is 15.5. The molecule has 0 saturated carbocycles. The van der Waals surface area contributed by atoms with Gasteiger partial charge in [0, 0.05) is 5.02 Å². The van der Waals surface area contributed by atoms with E-state index < -0.39 is 0 Å². The zero-order valence-corrected chi connectivity index (χ0v) is 12.3. The second-order valence-electron chi connectivity index (χ2n) is 5.14. The van der Waals surface area contributed by atoms with Crippen molar-refractivity contribution in [2.24, 2.45) is 5.41 Å². The van der Waals surface area contributed by atoms with Crippen molar-refractivity contribution in [3.8, 4) is 11.8 Å². The van der Waals surface area contributed by atoms with Gasteiger partial charge in [-0.1, -0.05) is 11.6 Å². The van der Waals surface area contributed by atoms with Gasteiger partial charge >= 0.3 is 0 Å². The van der Waals surface area contributed by atoms with Crippen molar-refractivity contribution in [1.82, 2.24) is 0 Å². The summed E-state index contributed by atoms with van der Waals surface area (Å²) in [6.45, 7) is 5.76. The molecule has 0 bridgehead atoms. The normalized spacial score (nSPS) is 10.9. The van der Waals surface area contributed by atoms with Crippen LogP contribution in [-0.4, -0.2) is 12.4 Å². The number of Topliss-reactive ketones (excluding diaryl/α,β-unsaturated/α-hetero) is 1. The molecule has 0 aromatic heterocycles. The molecular weight excluding hydrogens is 262 g/mol. The van der Waals surface area contributed by atoms with Gasteiger partial charge < -0.3 is 4.74 Å². The molecule has 0 unspecified atom stereocenters. The van der Waals surface area contributed by atoms with Crippen LogP contribution in [0.25, 0.3) is 0 Å². The van der Waals surface area contributed by atoms with Crippen LogP contribution in [0.1, 0.15) is 44.0 Å². The van der Waals surface area contributed by atoms with Gasteiger partial charge in [0.05, 0.1) is 23.7 Å². The van der Waals surface area contributed by atoms with Crippen molar-refractivity contribution in [3.63, 3.8) is 0 Å². The maximum Gasteiger partial charge on any atom is 0.163 e. The minimum atomic E-state index is -0.341. The fraction of sp³-hybridized carbons (Fsp3) is 0.467. The molecule has 0 saturated heterocycles. The van der Waals surface area contributed by atoms with Crippen LogP contribution in [0.2, 0.25) is 5.02 Å². The lowest BCUT2D eigenvalue weighted by atomic mass is 9.90. The van der Waals surface area contributed by atoms with Crippen molar-refractivity contribution in [2.45, 2.75) is 33.6 Å². The van der Waals surface area contributed by atoms with E-state index in [0.29, 0.717) is 22.9 Å². The SMILES string of the molecule is CC(=O)c1cc(Cl)ccc1OCCCC(C)(C)C#N. The van der Waals surface area contributed by atoms with Gasteiger partial charge in [0.1, 0.15) is 5.75 Å². The highest BCUT2D eigenvalue weighted by Crippen LogP contribution is 2.25. The molecule has 102 valence electrons. The Morgan fingerprint density at radius 2 is 2.16 bits per heavy atom. The molecule has 1 aromatic rings. The summed E-state index contributed by atoms with van der Waals surface area (Å²) in [5, 5.41) is 9.42. The second-order valence-corrected chi connectivity index (χ2v) is 5.58. The standard InChI is InChI=1S/C15H18ClNO2/c1-11(18)13-9-12(16)5-6-14(13)19-8-4-7-15(2,3)10-17/h5-6,9H,4,7-8H2,1-3H3. The lowest BCUT2D eigenvalue weighted by molar-refractivity contribution is 0.101. The summed E-state index contributed by atoms with van der Waals surface area (Å²) in [5.41, 5.74) is 0.152. The maximum absolute atomic E-state index is 11.5. The Labute approximate surface area is 119 Å². The Kier molecular flexibility index (Phi) is 5.38. The Bertz CT molecular complexity index is 503. The highest BCUT2D eigenvalue weighted by molar-refractivity contribution is 6.31. The smallest absolute Gasteiger partial charge is 0.163 e. The summed E-state index contributed by atoms with van der Waals surface area (Å²) in [6.07, 6.45) is 1.52. The molecule has 1 rings (SSSR count). The molecule has 3 nitrogen and oxygen atoms in total. The minimum Gasteiger partial charge on any atom is -0.493 e. The quantitative estimate of drug-likeness (QED) is 0.578. The fourth-order valence-corrected chi connectivity index (χ4v) is 1.83. The number of rotatable bonds is 6. The number of nitrogens with zero attached hydrogens (tertiary/aromatic N) is 1. The van der Waals surface area contributed by atoms with Crippen molar-refractivity contribution in [1.29, 1.82) is 5.26 Å². The summed E-state index contributed by atoms with van der Waals surface area (Å²) in [6, 6.07) is 7.26. The number of carbonyl (C=O) groups excluding carboxylic acids is 1. The molecule has 1 aromatic carbocycles. The first-order chi connectivity index (χ1) is 8.85. The summed E-state index contributed by atoms with van der Waals surface area (Å²) in [5.74, 6) is 0.474. The molecule has 0 atom stereocenters. The van der Waals surface area contributed by atoms with E-state index in [9.17, 15) is 4.79 Å². The Morgan fingerprint density at radius 1 is 1.47 bits per heavy atom. The van der Waals surface area contributed by atoms with Crippen LogP contribution in [0.15, 0.2) is 18.2 Å². The number of hydrogen-bond donors (Lipinski definition) is 0. The third kappa shape index (κ3) is 4.92. The van der Waals surface area contributed by atoms with E-state index in [-0.39, 0.29) is 11.2 Å². The van der Waals surface area contributed by atoms with Crippen molar-refractivity contribution in [3.05, 3.63) is 28.8 Å². The van der Waals surface area contributed by atoms with Gasteiger partial charge in [-0.25, -0.2) is 0 Å². The highest BCUT2D eigenvalue weighted by atomic mass is 35.5. The van der Waals surface area contributed by atoms with Crippen LogP contribution in [0, 0.1) is 16.7 Å². The topological polar surface area (TPSA) is 50.1 Å². The van der Waals surface area contributed by atoms with Gasteiger partial charge in [-0.15, -0.1) is 0 Å². The molecule has 0 aliphatic heterocycles. The Hall–Kier alpha value is -1.53. The lowest BCUT2D eigenvalue weighted by Crippen LogP contribution is -2.10. The van der Waals surface area contributed by atoms with Crippen molar-refractivity contribution < 1.29 is 9.53 Å². The molecular formula is C15H18ClNO2. The zero-order chi connectivity index (χ0) is 14.5. The fourth-order valence-electron chi connectivity index (χ4n) is 1.66. The number of carbonyl (C=O) groups is 1. The lowest BCUT2D eigenvalue weighted by Gasteiger charge is -2.15. The molecule has 0 aliphatic rings. The van der Waals surface area contributed by atoms with Gasteiger partial charge in [0.25, 0.3) is 0 Å². The predicted molar refractivity (Wildman–Crippen MR) is 75.6 cm³/mol. The molecule has 0 amide bonds. The van der Waals surface area contributed by atoms with Crippen LogP contribution in [0.3, 0.4) is 0 Å². The van der Waals surface area contributed by atoms with Crippen molar-refractivity contribution >= 4 is 17.4 Å². The molecule has 0 heterocycles. The van der Waals surface area contributed by atoms with Crippen LogP contribution in [0.4, 0.5) is 0 Å². The van der Waals surface area contributed by atoms with E-state index in [1.165, 1.54) is 6.92 Å². The van der Waals surface area contributed by atoms with Gasteiger partial charge in [-0.05, 0) is 51.8 Å². The predicted octanol–water partition coefficient (Wildman–Crippen LogP) is 4.25. The van der Waals surface area contributed by atoms with E-state index in [1.54, 1.807) is 18.2 Å². The van der Waals surface area contributed by atoms with Crippen LogP contribution in [-0.2, 0) is 0 Å². The monoisotopic (exact) mass is 279 g/mol. The van der Waals surface area contributed by atoms with Gasteiger partial charge in [0.2, 0.25) is 0 Å². The summed E-state index contributed by atoms with van der Waals surface area (Å²) < 4.78 is 5.60. The molecule has 0 aliphatic carbocycles. The number of hydrogen-bond acceptors (Lipinski definition) is 3. The van der Waals surface area contributed by atoms with Gasteiger partial charge in [-0.2, -0.15) is 5.26 Å². The van der Waals surface area contributed by atoms with E-state index in [2.05, 4.69) is 6.07 Å². The van der Waals surface area contributed by atoms with Crippen molar-refractivity contribution in [2.75, 3.05) is 6.61 Å². The van der Waals surface area contributed by atoms with Crippen LogP contribution < -0.4 is 4.74 Å². The summed E-state index contributed by atoms with van der Waals surface area (Å²) >= 11 is 5.86. The average molecular weight is 280 g/mol. The molecule has 0 spiro atoms. The zero-order valence-electron chi connectivity index (χ0n) is 11.5. The summed E-state index contributed by atoms with van der Waals surface area (Å²) in [4.78, 5) is 11.5. The summed E-state index contributed by atoms with van der Waals surface area (Å²) in [7, 11) is 0. The number of nitriles is 1. The molecule has 0 radical (unpaired) electrons. The van der Waals surface area contributed by atoms with E-state index in [0.717, 1.165) is 12.8 Å². The molecule has 0 fully saturated rings. The Morgan fingerprint density at radius 3 is 2.74 bits per heavy atom. The highest BCUT2D eigenvalue weighted by Gasteiger charge is 2.16. The number of ether oxygens (including phenoxy) is 1. The van der Waals surface area contributed by atoms with Gasteiger partial charge in [0.15, 0.2) is 5.78 Å². The van der Waals surface area contributed by atoms with E-state index in [4.69, 9.17) is 21.6 Å². The first-order valence-corrected chi connectivity index (χ1v) is 6.58. The average Bonchev–Trinajstić information content (AvgIpc) is 2.36. The maximum atomic E-state index is 11.5. The molecule has 0 N–H and O–H groups in total. The second kappa shape index (κ2) is 6.58. The number of ketones is 1. The number of halogens is 1. The van der Waals surface area contributed by atoms with E-state index in [1.807, 2.05) is 13.8 Å². The Balaban J connectivity index is 2.59. The van der Waals surface area contributed by atoms with Gasteiger partial charge in [-0.3, -0.25) is 4.79 Å². The minimum absolute atomic E-state index is 0.0742. The van der Waals surface area contributed by atoms with Crippen LogP contribution in [0.5, 0.6) is 5.75 Å². The third-order valence-electron chi connectivity index (χ3n) is 2.83. The molecule has 19 heavy (non-hydrogen) atoms.